The number of aryl methyl sites for hydroxylation is 2. The van der Waals surface area contributed by atoms with Gasteiger partial charge in [-0.1, -0.05) is 6.07 Å². The van der Waals surface area contributed by atoms with Gasteiger partial charge in [-0.3, -0.25) is 4.79 Å². The van der Waals surface area contributed by atoms with Crippen LogP contribution in [-0.2, 0) is 11.3 Å². The van der Waals surface area contributed by atoms with Gasteiger partial charge in [0.1, 0.15) is 5.01 Å². The fraction of sp³-hybridized carbons (Fsp3) is 0.174. The summed E-state index contributed by atoms with van der Waals surface area (Å²) in [7, 11) is 0. The number of carbonyl (C=O) groups is 1. The number of hydrogen-bond acceptors (Lipinski definition) is 3. The molecule has 2 aromatic heterocycles. The summed E-state index contributed by atoms with van der Waals surface area (Å²) in [5.74, 6) is -0.0399. The van der Waals surface area contributed by atoms with Crippen molar-refractivity contribution in [3.8, 4) is 10.6 Å². The van der Waals surface area contributed by atoms with E-state index in [2.05, 4.69) is 30.4 Å². The van der Waals surface area contributed by atoms with Crippen LogP contribution in [0.1, 0.15) is 16.8 Å². The van der Waals surface area contributed by atoms with Crippen molar-refractivity contribution in [1.29, 1.82) is 0 Å². The monoisotopic (exact) mass is 388 g/mol. The largest absolute Gasteiger partial charge is 0.321 e. The van der Waals surface area contributed by atoms with Crippen molar-refractivity contribution in [1.82, 2.24) is 4.98 Å². The molecule has 2 heterocycles. The lowest BCUT2D eigenvalue weighted by Crippen LogP contribution is -2.43. The Balaban J connectivity index is 1.48. The number of rotatable bonds is 4. The van der Waals surface area contributed by atoms with E-state index in [1.807, 2.05) is 61.0 Å². The zero-order chi connectivity index (χ0) is 19.7. The molecule has 1 amide bonds. The van der Waals surface area contributed by atoms with E-state index in [1.54, 1.807) is 11.3 Å². The molecular formula is C23H22N3OS+. The number of fused-ring (bicyclic) bond motifs is 1. The number of aromatic nitrogens is 2. The molecule has 0 unspecified atom stereocenters. The van der Waals surface area contributed by atoms with Crippen LogP contribution in [0.2, 0.25) is 0 Å². The molecule has 0 bridgehead atoms. The molecule has 0 aliphatic heterocycles. The summed E-state index contributed by atoms with van der Waals surface area (Å²) in [5, 5.41) is 3.96. The Hall–Kier alpha value is -3.05. The second-order valence-electron chi connectivity index (χ2n) is 7.02. The first-order valence-electron chi connectivity index (χ1n) is 9.23. The minimum atomic E-state index is -0.0399. The summed E-state index contributed by atoms with van der Waals surface area (Å²) < 4.78 is 3.15. The summed E-state index contributed by atoms with van der Waals surface area (Å²) in [6, 6.07) is 18.2. The van der Waals surface area contributed by atoms with E-state index >= 15 is 0 Å². The van der Waals surface area contributed by atoms with Crippen molar-refractivity contribution in [2.45, 2.75) is 27.3 Å². The smallest absolute Gasteiger partial charge is 0.290 e. The first-order valence-corrected chi connectivity index (χ1v) is 10.0. The number of pyridine rings is 1. The minimum Gasteiger partial charge on any atom is -0.321 e. The van der Waals surface area contributed by atoms with E-state index in [1.165, 1.54) is 15.8 Å². The zero-order valence-corrected chi connectivity index (χ0v) is 17.0. The molecule has 0 aliphatic carbocycles. The molecule has 5 heteroatoms. The summed E-state index contributed by atoms with van der Waals surface area (Å²) in [5.41, 5.74) is 6.37. The van der Waals surface area contributed by atoms with Gasteiger partial charge in [-0.15, -0.1) is 11.3 Å². The highest BCUT2D eigenvalue weighted by Gasteiger charge is 2.14. The molecule has 140 valence electrons. The number of nitrogens with zero attached hydrogens (tertiary/aromatic N) is 2. The molecule has 4 nitrogen and oxygen atoms in total. The molecule has 0 fully saturated rings. The van der Waals surface area contributed by atoms with Crippen LogP contribution in [0.4, 0.5) is 5.69 Å². The highest BCUT2D eigenvalue weighted by Crippen LogP contribution is 2.31. The Labute approximate surface area is 168 Å². The zero-order valence-electron chi connectivity index (χ0n) is 16.2. The molecule has 0 spiro atoms. The Morgan fingerprint density at radius 2 is 1.86 bits per heavy atom. The van der Waals surface area contributed by atoms with Gasteiger partial charge in [-0.25, -0.2) is 4.98 Å². The average molecular weight is 389 g/mol. The van der Waals surface area contributed by atoms with E-state index < -0.39 is 0 Å². The topological polar surface area (TPSA) is 45.9 Å². The van der Waals surface area contributed by atoms with E-state index in [-0.39, 0.29) is 5.91 Å². The van der Waals surface area contributed by atoms with Crippen LogP contribution in [0.3, 0.4) is 0 Å². The van der Waals surface area contributed by atoms with Crippen LogP contribution in [0, 0.1) is 20.8 Å². The van der Waals surface area contributed by atoms with Crippen LogP contribution >= 0.6 is 11.3 Å². The molecule has 4 aromatic rings. The average Bonchev–Trinajstić information content (AvgIpc) is 3.09. The molecule has 0 saturated heterocycles. The molecule has 0 aliphatic rings. The normalized spacial score (nSPS) is 11.0. The van der Waals surface area contributed by atoms with E-state index in [0.29, 0.717) is 6.54 Å². The third-order valence-electron chi connectivity index (χ3n) is 4.89. The van der Waals surface area contributed by atoms with Crippen LogP contribution in [0.25, 0.3) is 20.8 Å². The van der Waals surface area contributed by atoms with E-state index in [4.69, 9.17) is 4.98 Å². The van der Waals surface area contributed by atoms with Gasteiger partial charge in [0.15, 0.2) is 11.9 Å². The first kappa shape index (κ1) is 18.3. The Kier molecular flexibility index (Phi) is 4.92. The molecule has 0 atom stereocenters. The third-order valence-corrected chi connectivity index (χ3v) is 5.95. The first-order chi connectivity index (χ1) is 13.5. The van der Waals surface area contributed by atoms with Gasteiger partial charge in [0.25, 0.3) is 5.91 Å². The number of benzene rings is 2. The molecule has 1 N–H and O–H groups in total. The van der Waals surface area contributed by atoms with Crippen LogP contribution in [0.5, 0.6) is 0 Å². The number of nitrogens with one attached hydrogen (secondary N) is 1. The maximum Gasteiger partial charge on any atom is 0.290 e. The Morgan fingerprint density at radius 1 is 1.07 bits per heavy atom. The Bertz CT molecular complexity index is 1160. The molecular weight excluding hydrogens is 366 g/mol. The second kappa shape index (κ2) is 7.52. The second-order valence-corrected chi connectivity index (χ2v) is 8.05. The Morgan fingerprint density at radius 3 is 2.64 bits per heavy atom. The lowest BCUT2D eigenvalue weighted by molar-refractivity contribution is -0.690. The lowest BCUT2D eigenvalue weighted by Gasteiger charge is -2.06. The molecule has 0 saturated carbocycles. The maximum atomic E-state index is 12.4. The predicted molar refractivity (Wildman–Crippen MR) is 115 cm³/mol. The van der Waals surface area contributed by atoms with Gasteiger partial charge in [-0.05, 0) is 61.9 Å². The minimum absolute atomic E-state index is 0.0399. The van der Waals surface area contributed by atoms with Crippen LogP contribution in [0.15, 0.2) is 60.8 Å². The summed E-state index contributed by atoms with van der Waals surface area (Å²) in [6.45, 7) is 6.46. The summed E-state index contributed by atoms with van der Waals surface area (Å²) in [6.07, 6.45) is 1.93. The van der Waals surface area contributed by atoms with Crippen molar-refractivity contribution in [2.24, 2.45) is 0 Å². The predicted octanol–water partition coefficient (Wildman–Crippen LogP) is 4.81. The van der Waals surface area contributed by atoms with Gasteiger partial charge in [0, 0.05) is 29.8 Å². The number of amides is 1. The summed E-state index contributed by atoms with van der Waals surface area (Å²) in [4.78, 5) is 17.1. The van der Waals surface area contributed by atoms with Gasteiger partial charge in [0.2, 0.25) is 6.54 Å². The van der Waals surface area contributed by atoms with Crippen LogP contribution in [-0.4, -0.2) is 10.9 Å². The standard InChI is InChI=1S/C23H21N3OS/c1-15-6-11-20-21(13-15)28-23(25-20)18-7-9-19(10-8-18)24-22(27)14-26-12-4-5-16(2)17(26)3/h4-13H,14H2,1-3H3/p+1. The van der Waals surface area contributed by atoms with Crippen molar-refractivity contribution in [3.63, 3.8) is 0 Å². The number of anilines is 1. The van der Waals surface area contributed by atoms with Gasteiger partial charge >= 0.3 is 0 Å². The third kappa shape index (κ3) is 3.80. The lowest BCUT2D eigenvalue weighted by atomic mass is 10.2. The van der Waals surface area contributed by atoms with Gasteiger partial charge in [0.05, 0.1) is 10.2 Å². The quantitative estimate of drug-likeness (QED) is 0.510. The maximum absolute atomic E-state index is 12.4. The summed E-state index contributed by atoms with van der Waals surface area (Å²) >= 11 is 1.69. The molecule has 28 heavy (non-hydrogen) atoms. The van der Waals surface area contributed by atoms with E-state index in [0.717, 1.165) is 27.5 Å². The van der Waals surface area contributed by atoms with Gasteiger partial charge < -0.3 is 5.32 Å². The SMILES string of the molecule is Cc1ccc2nc(-c3ccc(NC(=O)C[n+]4cccc(C)c4C)cc3)sc2c1. The fourth-order valence-corrected chi connectivity index (χ4v) is 4.20. The fourth-order valence-electron chi connectivity index (χ4n) is 3.13. The van der Waals surface area contributed by atoms with Crippen molar-refractivity contribution in [2.75, 3.05) is 5.32 Å². The number of carbonyl (C=O) groups excluding carboxylic acids is 1. The van der Waals surface area contributed by atoms with Crippen LogP contribution < -0.4 is 9.88 Å². The molecule has 4 rings (SSSR count). The van der Waals surface area contributed by atoms with E-state index in [9.17, 15) is 4.79 Å². The van der Waals surface area contributed by atoms with Crippen molar-refractivity contribution >= 4 is 33.1 Å². The number of hydrogen-bond donors (Lipinski definition) is 1. The number of thiazole rings is 1. The molecule has 0 radical (unpaired) electrons. The highest BCUT2D eigenvalue weighted by molar-refractivity contribution is 7.21. The van der Waals surface area contributed by atoms with Gasteiger partial charge in [-0.2, -0.15) is 4.57 Å². The van der Waals surface area contributed by atoms with Crippen molar-refractivity contribution in [3.05, 3.63) is 77.6 Å². The van der Waals surface area contributed by atoms with Crippen molar-refractivity contribution < 1.29 is 9.36 Å². The molecule has 2 aromatic carbocycles. The highest BCUT2D eigenvalue weighted by atomic mass is 32.1.